The molecule has 0 unspecified atom stereocenters. The van der Waals surface area contributed by atoms with Gasteiger partial charge < -0.3 is 9.42 Å². The summed E-state index contributed by atoms with van der Waals surface area (Å²) in [5.74, 6) is 0.605. The summed E-state index contributed by atoms with van der Waals surface area (Å²) in [6.45, 7) is 4.39. The fraction of sp³-hybridized carbons (Fsp3) is 0.357. The summed E-state index contributed by atoms with van der Waals surface area (Å²) < 4.78 is 5.05. The van der Waals surface area contributed by atoms with E-state index >= 15 is 0 Å². The van der Waals surface area contributed by atoms with Crippen LogP contribution in [-0.4, -0.2) is 28.0 Å². The minimum atomic E-state index is 0.00682. The van der Waals surface area contributed by atoms with Crippen LogP contribution in [0.15, 0.2) is 29.0 Å². The molecule has 0 spiro atoms. The van der Waals surface area contributed by atoms with E-state index in [1.54, 1.807) is 30.4 Å². The number of aromatic nitrogens is 2. The number of carbonyl (C=O) groups excluding carboxylic acids is 1. The van der Waals surface area contributed by atoms with Crippen LogP contribution in [0.2, 0.25) is 0 Å². The number of rotatable bonds is 4. The van der Waals surface area contributed by atoms with Crippen molar-refractivity contribution in [2.75, 3.05) is 7.05 Å². The maximum absolute atomic E-state index is 12.1. The number of nitrogens with zero attached hydrogens (tertiary/aromatic N) is 3. The highest BCUT2D eigenvalue weighted by molar-refractivity contribution is 5.77. The normalized spacial score (nSPS) is 10.5. The summed E-state index contributed by atoms with van der Waals surface area (Å²) in [7, 11) is 1.78. The van der Waals surface area contributed by atoms with Crippen LogP contribution in [0.1, 0.15) is 22.6 Å². The Morgan fingerprint density at radius 2 is 2.21 bits per heavy atom. The topological polar surface area (TPSA) is 59.2 Å². The van der Waals surface area contributed by atoms with Gasteiger partial charge in [-0.25, -0.2) is 0 Å². The van der Waals surface area contributed by atoms with Gasteiger partial charge in [0.15, 0.2) is 0 Å². The van der Waals surface area contributed by atoms with E-state index in [-0.39, 0.29) is 12.3 Å². The molecular weight excluding hydrogens is 242 g/mol. The lowest BCUT2D eigenvalue weighted by Gasteiger charge is -2.17. The first-order valence-electron chi connectivity index (χ1n) is 6.12. The molecule has 0 saturated heterocycles. The zero-order chi connectivity index (χ0) is 13.8. The molecule has 0 fully saturated rings. The number of aryl methyl sites for hydroxylation is 2. The Hall–Kier alpha value is -2.17. The molecule has 0 aliphatic rings. The van der Waals surface area contributed by atoms with Crippen LogP contribution in [0.25, 0.3) is 0 Å². The molecule has 5 nitrogen and oxygen atoms in total. The second kappa shape index (κ2) is 5.65. The van der Waals surface area contributed by atoms with Crippen molar-refractivity contribution in [1.29, 1.82) is 0 Å². The second-order valence-electron chi connectivity index (χ2n) is 4.66. The maximum atomic E-state index is 12.1. The predicted octanol–water partition coefficient (Wildman–Crippen LogP) is 1.89. The number of carbonyl (C=O) groups is 1. The van der Waals surface area contributed by atoms with Gasteiger partial charge >= 0.3 is 0 Å². The van der Waals surface area contributed by atoms with Gasteiger partial charge in [0.05, 0.1) is 12.1 Å². The maximum Gasteiger partial charge on any atom is 0.230 e. The zero-order valence-corrected chi connectivity index (χ0v) is 11.4. The third-order valence-corrected chi connectivity index (χ3v) is 2.97. The number of likely N-dealkylation sites (N-methyl/N-ethyl adjacent to an activating group) is 1. The van der Waals surface area contributed by atoms with Crippen LogP contribution in [0.4, 0.5) is 0 Å². The van der Waals surface area contributed by atoms with Crippen molar-refractivity contribution in [3.8, 4) is 0 Å². The highest BCUT2D eigenvalue weighted by Crippen LogP contribution is 2.10. The fourth-order valence-corrected chi connectivity index (χ4v) is 1.81. The molecule has 0 saturated carbocycles. The molecule has 2 aromatic heterocycles. The third kappa shape index (κ3) is 3.40. The van der Waals surface area contributed by atoms with Gasteiger partial charge in [-0.3, -0.25) is 9.78 Å². The van der Waals surface area contributed by atoms with E-state index in [9.17, 15) is 4.79 Å². The average Bonchev–Trinajstić information content (AvgIpc) is 2.77. The SMILES string of the molecule is Cc1cc(CC(=O)N(C)Cc2ccncc2C)on1. The Morgan fingerprint density at radius 1 is 1.42 bits per heavy atom. The van der Waals surface area contributed by atoms with Gasteiger partial charge in [0, 0.05) is 32.1 Å². The van der Waals surface area contributed by atoms with Gasteiger partial charge in [-0.15, -0.1) is 0 Å². The molecule has 0 bridgehead atoms. The molecule has 1 amide bonds. The smallest absolute Gasteiger partial charge is 0.230 e. The second-order valence-corrected chi connectivity index (χ2v) is 4.66. The van der Waals surface area contributed by atoms with Gasteiger partial charge in [0.1, 0.15) is 5.76 Å². The molecule has 2 heterocycles. The molecule has 0 N–H and O–H groups in total. The Bertz CT molecular complexity index is 578. The highest BCUT2D eigenvalue weighted by atomic mass is 16.5. The van der Waals surface area contributed by atoms with Crippen molar-refractivity contribution in [2.24, 2.45) is 0 Å². The summed E-state index contributed by atoms with van der Waals surface area (Å²) in [5, 5.41) is 3.77. The fourth-order valence-electron chi connectivity index (χ4n) is 1.81. The Labute approximate surface area is 112 Å². The van der Waals surface area contributed by atoms with E-state index in [0.717, 1.165) is 16.8 Å². The van der Waals surface area contributed by atoms with Crippen LogP contribution in [-0.2, 0) is 17.8 Å². The molecule has 100 valence electrons. The van der Waals surface area contributed by atoms with Crippen LogP contribution >= 0.6 is 0 Å². The predicted molar refractivity (Wildman–Crippen MR) is 70.4 cm³/mol. The number of hydrogen-bond donors (Lipinski definition) is 0. The molecule has 0 aromatic carbocycles. The molecule has 19 heavy (non-hydrogen) atoms. The molecule has 0 radical (unpaired) electrons. The minimum Gasteiger partial charge on any atom is -0.361 e. The summed E-state index contributed by atoms with van der Waals surface area (Å²) in [6.07, 6.45) is 3.77. The van der Waals surface area contributed by atoms with E-state index < -0.39 is 0 Å². The van der Waals surface area contributed by atoms with Gasteiger partial charge in [0.25, 0.3) is 0 Å². The van der Waals surface area contributed by atoms with E-state index in [0.29, 0.717) is 12.3 Å². The Balaban J connectivity index is 1.98. The summed E-state index contributed by atoms with van der Waals surface area (Å²) in [4.78, 5) is 17.8. The summed E-state index contributed by atoms with van der Waals surface area (Å²) in [5.41, 5.74) is 2.97. The lowest BCUT2D eigenvalue weighted by Crippen LogP contribution is -2.27. The molecule has 0 atom stereocenters. The Kier molecular flexibility index (Phi) is 3.94. The monoisotopic (exact) mass is 259 g/mol. The lowest BCUT2D eigenvalue weighted by molar-refractivity contribution is -0.130. The molecular formula is C14H17N3O2. The van der Waals surface area contributed by atoms with Crippen LogP contribution in [0.5, 0.6) is 0 Å². The van der Waals surface area contributed by atoms with Gasteiger partial charge in [-0.05, 0) is 31.0 Å². The Morgan fingerprint density at radius 3 is 2.84 bits per heavy atom. The van der Waals surface area contributed by atoms with E-state index in [1.165, 1.54) is 0 Å². The third-order valence-electron chi connectivity index (χ3n) is 2.97. The van der Waals surface area contributed by atoms with Crippen LogP contribution in [0.3, 0.4) is 0 Å². The number of pyridine rings is 1. The van der Waals surface area contributed by atoms with Crippen LogP contribution in [0, 0.1) is 13.8 Å². The molecule has 5 heteroatoms. The quantitative estimate of drug-likeness (QED) is 0.841. The first-order valence-corrected chi connectivity index (χ1v) is 6.12. The summed E-state index contributed by atoms with van der Waals surface area (Å²) in [6, 6.07) is 3.71. The largest absolute Gasteiger partial charge is 0.361 e. The molecule has 0 aliphatic heterocycles. The lowest BCUT2D eigenvalue weighted by atomic mass is 10.1. The van der Waals surface area contributed by atoms with E-state index in [2.05, 4.69) is 10.1 Å². The molecule has 0 aliphatic carbocycles. The van der Waals surface area contributed by atoms with Crippen molar-refractivity contribution in [2.45, 2.75) is 26.8 Å². The van der Waals surface area contributed by atoms with Crippen molar-refractivity contribution in [3.05, 3.63) is 47.1 Å². The van der Waals surface area contributed by atoms with Gasteiger partial charge in [-0.2, -0.15) is 0 Å². The van der Waals surface area contributed by atoms with Crippen molar-refractivity contribution >= 4 is 5.91 Å². The van der Waals surface area contributed by atoms with Crippen molar-refractivity contribution < 1.29 is 9.32 Å². The first kappa shape index (κ1) is 13.3. The van der Waals surface area contributed by atoms with Crippen molar-refractivity contribution in [1.82, 2.24) is 15.0 Å². The van der Waals surface area contributed by atoms with Crippen molar-refractivity contribution in [3.63, 3.8) is 0 Å². The van der Waals surface area contributed by atoms with Crippen LogP contribution < -0.4 is 0 Å². The zero-order valence-electron chi connectivity index (χ0n) is 11.4. The summed E-state index contributed by atoms with van der Waals surface area (Å²) >= 11 is 0. The standard InChI is InChI=1S/C14H17N3O2/c1-10-8-15-5-4-12(10)9-17(3)14(18)7-13-6-11(2)16-19-13/h4-6,8H,7,9H2,1-3H3. The highest BCUT2D eigenvalue weighted by Gasteiger charge is 2.13. The van der Waals surface area contributed by atoms with Gasteiger partial charge in [0.2, 0.25) is 5.91 Å². The van der Waals surface area contributed by atoms with Gasteiger partial charge in [-0.1, -0.05) is 5.16 Å². The minimum absolute atomic E-state index is 0.00682. The van der Waals surface area contributed by atoms with E-state index in [4.69, 9.17) is 4.52 Å². The average molecular weight is 259 g/mol. The number of amides is 1. The molecule has 2 aromatic rings. The first-order chi connectivity index (χ1) is 9.06. The van der Waals surface area contributed by atoms with E-state index in [1.807, 2.05) is 19.9 Å². The molecule has 2 rings (SSSR count). The number of hydrogen-bond acceptors (Lipinski definition) is 4.